The van der Waals surface area contributed by atoms with E-state index in [1.54, 1.807) is 24.3 Å². The number of carbonyl (C=O) groups excluding carboxylic acids is 1. The number of amides is 1. The molecule has 5 nitrogen and oxygen atoms in total. The zero-order chi connectivity index (χ0) is 21.0. The van der Waals surface area contributed by atoms with Crippen molar-refractivity contribution in [1.29, 1.82) is 0 Å². The summed E-state index contributed by atoms with van der Waals surface area (Å²) in [5.41, 5.74) is -1.05. The molecule has 1 N–H and O–H groups in total. The van der Waals surface area contributed by atoms with Crippen LogP contribution >= 0.6 is 0 Å². The minimum atomic E-state index is -4.92. The summed E-state index contributed by atoms with van der Waals surface area (Å²) in [7, 11) is 0. The number of benzene rings is 2. The van der Waals surface area contributed by atoms with Crippen LogP contribution in [-0.2, 0) is 12.6 Å². The van der Waals surface area contributed by atoms with Gasteiger partial charge in [0.2, 0.25) is 0 Å². The Hall–Kier alpha value is -3.23. The largest absolute Gasteiger partial charge is 0.435 e. The maximum atomic E-state index is 13.6. The summed E-state index contributed by atoms with van der Waals surface area (Å²) >= 11 is 0. The van der Waals surface area contributed by atoms with Crippen LogP contribution in [0, 0.1) is 5.82 Å². The molecule has 1 heterocycles. The highest BCUT2D eigenvalue weighted by atomic mass is 19.4. The molecule has 0 saturated carbocycles. The van der Waals surface area contributed by atoms with E-state index in [1.165, 1.54) is 12.1 Å². The van der Waals surface area contributed by atoms with E-state index in [1.807, 2.05) is 0 Å². The molecule has 9 heteroatoms. The molecule has 3 rings (SSSR count). The van der Waals surface area contributed by atoms with Gasteiger partial charge in [-0.25, -0.2) is 9.07 Å². The number of rotatable bonds is 6. The highest BCUT2D eigenvalue weighted by molar-refractivity contribution is 6.03. The smallest absolute Gasteiger partial charge is 0.321 e. The van der Waals surface area contributed by atoms with E-state index >= 15 is 0 Å². The van der Waals surface area contributed by atoms with Gasteiger partial charge in [0.15, 0.2) is 11.4 Å². The predicted molar refractivity (Wildman–Crippen MR) is 99.3 cm³/mol. The maximum absolute atomic E-state index is 13.6. The lowest BCUT2D eigenvalue weighted by molar-refractivity contribution is -0.143. The second-order valence-corrected chi connectivity index (χ2v) is 6.43. The molecule has 1 amide bonds. The van der Waals surface area contributed by atoms with E-state index in [-0.39, 0.29) is 5.69 Å². The molecule has 0 bridgehead atoms. The molecule has 0 unspecified atom stereocenters. The third-order valence-electron chi connectivity index (χ3n) is 4.24. The Morgan fingerprint density at radius 2 is 1.86 bits per heavy atom. The van der Waals surface area contributed by atoms with Crippen molar-refractivity contribution in [2.75, 3.05) is 5.32 Å². The predicted octanol–water partition coefficient (Wildman–Crippen LogP) is 5.02. The molecule has 29 heavy (non-hydrogen) atoms. The van der Waals surface area contributed by atoms with Crippen molar-refractivity contribution in [3.63, 3.8) is 0 Å². The second-order valence-electron chi connectivity index (χ2n) is 6.43. The van der Waals surface area contributed by atoms with E-state index in [2.05, 4.69) is 22.6 Å². The number of carbonyl (C=O) groups is 1. The minimum absolute atomic E-state index is 0.191. The van der Waals surface area contributed by atoms with Crippen LogP contribution in [0.25, 0.3) is 5.69 Å². The van der Waals surface area contributed by atoms with Gasteiger partial charge in [0, 0.05) is 5.69 Å². The third-order valence-corrected chi connectivity index (χ3v) is 4.24. The van der Waals surface area contributed by atoms with Crippen LogP contribution in [0.4, 0.5) is 23.2 Å². The van der Waals surface area contributed by atoms with Gasteiger partial charge >= 0.3 is 6.18 Å². The molecule has 0 spiro atoms. The summed E-state index contributed by atoms with van der Waals surface area (Å²) in [6.45, 7) is 2.07. The Balaban J connectivity index is 1.89. The van der Waals surface area contributed by atoms with Crippen LogP contribution in [0.2, 0.25) is 0 Å². The number of unbranched alkanes of at least 4 members (excludes halogenated alkanes) is 1. The number of aromatic nitrogens is 3. The molecule has 3 aromatic rings. The lowest BCUT2D eigenvalue weighted by Gasteiger charge is -2.11. The van der Waals surface area contributed by atoms with E-state index in [9.17, 15) is 22.4 Å². The molecule has 0 aliphatic heterocycles. The summed E-state index contributed by atoms with van der Waals surface area (Å²) in [5, 5.41) is 9.23. The Kier molecular flexibility index (Phi) is 5.95. The molecule has 152 valence electrons. The summed E-state index contributed by atoms with van der Waals surface area (Å²) in [6, 6.07) is 11.3. The standard InChI is InChI=1S/C20H18F4N4O/c1-2-3-5-13-8-10-15(11-9-13)25-19(29)17-18(20(22,23)24)28(27-26-17)16-7-4-6-14(21)12-16/h4,6-12H,2-3,5H2,1H3,(H,25,29). The number of hydrogen-bond acceptors (Lipinski definition) is 3. The Labute approximate surface area is 164 Å². The fourth-order valence-electron chi connectivity index (χ4n) is 2.80. The van der Waals surface area contributed by atoms with Gasteiger partial charge in [-0.3, -0.25) is 4.79 Å². The summed E-state index contributed by atoms with van der Waals surface area (Å²) in [4.78, 5) is 12.4. The van der Waals surface area contributed by atoms with Crippen molar-refractivity contribution < 1.29 is 22.4 Å². The number of hydrogen-bond donors (Lipinski definition) is 1. The maximum Gasteiger partial charge on any atom is 0.435 e. The zero-order valence-corrected chi connectivity index (χ0v) is 15.5. The molecule has 0 aliphatic rings. The van der Waals surface area contributed by atoms with Gasteiger partial charge in [0.05, 0.1) is 5.69 Å². The first-order chi connectivity index (χ1) is 13.8. The third kappa shape index (κ3) is 4.79. The summed E-state index contributed by atoms with van der Waals surface area (Å²) in [6.07, 6.45) is -1.99. The van der Waals surface area contributed by atoms with Gasteiger partial charge in [-0.15, -0.1) is 5.10 Å². The van der Waals surface area contributed by atoms with Gasteiger partial charge in [-0.1, -0.05) is 36.8 Å². The van der Waals surface area contributed by atoms with E-state index in [0.29, 0.717) is 10.4 Å². The molecular formula is C20H18F4N4O. The highest BCUT2D eigenvalue weighted by Gasteiger charge is 2.42. The number of aryl methyl sites for hydroxylation is 1. The van der Waals surface area contributed by atoms with Gasteiger partial charge in [0.25, 0.3) is 5.91 Å². The van der Waals surface area contributed by atoms with Gasteiger partial charge < -0.3 is 5.32 Å². The first-order valence-electron chi connectivity index (χ1n) is 8.98. The average molecular weight is 406 g/mol. The zero-order valence-electron chi connectivity index (χ0n) is 15.5. The molecule has 2 aromatic carbocycles. The average Bonchev–Trinajstić information content (AvgIpc) is 3.13. The van der Waals surface area contributed by atoms with Crippen LogP contribution in [0.5, 0.6) is 0 Å². The van der Waals surface area contributed by atoms with E-state index in [4.69, 9.17) is 0 Å². The SMILES string of the molecule is CCCCc1ccc(NC(=O)c2nnn(-c3cccc(F)c3)c2C(F)(F)F)cc1. The van der Waals surface area contributed by atoms with Crippen molar-refractivity contribution in [2.45, 2.75) is 32.4 Å². The molecule has 0 aliphatic carbocycles. The van der Waals surface area contributed by atoms with Crippen molar-refractivity contribution in [2.24, 2.45) is 0 Å². The van der Waals surface area contributed by atoms with Crippen LogP contribution in [0.1, 0.15) is 41.5 Å². The molecule has 0 radical (unpaired) electrons. The fraction of sp³-hybridized carbons (Fsp3) is 0.250. The number of halogens is 4. The van der Waals surface area contributed by atoms with Crippen LogP contribution < -0.4 is 5.32 Å². The normalized spacial score (nSPS) is 11.5. The minimum Gasteiger partial charge on any atom is -0.321 e. The topological polar surface area (TPSA) is 59.8 Å². The lowest BCUT2D eigenvalue weighted by Crippen LogP contribution is -2.21. The number of nitrogens with zero attached hydrogens (tertiary/aromatic N) is 3. The van der Waals surface area contributed by atoms with Gasteiger partial charge in [0.1, 0.15) is 5.82 Å². The second kappa shape index (κ2) is 8.42. The molecule has 0 atom stereocenters. The van der Waals surface area contributed by atoms with Crippen molar-refractivity contribution in [3.05, 3.63) is 71.3 Å². The fourth-order valence-corrected chi connectivity index (χ4v) is 2.80. The Morgan fingerprint density at radius 1 is 1.14 bits per heavy atom. The van der Waals surface area contributed by atoms with Crippen molar-refractivity contribution in [1.82, 2.24) is 15.0 Å². The van der Waals surface area contributed by atoms with Crippen molar-refractivity contribution in [3.8, 4) is 5.69 Å². The van der Waals surface area contributed by atoms with Crippen LogP contribution in [-0.4, -0.2) is 20.9 Å². The first-order valence-corrected chi connectivity index (χ1v) is 8.98. The summed E-state index contributed by atoms with van der Waals surface area (Å²) in [5.74, 6) is -1.79. The number of alkyl halides is 3. The molecule has 0 saturated heterocycles. The molecule has 0 fully saturated rings. The van der Waals surface area contributed by atoms with Crippen LogP contribution in [0.15, 0.2) is 48.5 Å². The number of nitrogens with one attached hydrogen (secondary N) is 1. The summed E-state index contributed by atoms with van der Waals surface area (Å²) < 4.78 is 54.7. The Bertz CT molecular complexity index is 996. The van der Waals surface area contributed by atoms with Gasteiger partial charge in [-0.2, -0.15) is 13.2 Å². The highest BCUT2D eigenvalue weighted by Crippen LogP contribution is 2.33. The monoisotopic (exact) mass is 406 g/mol. The van der Waals surface area contributed by atoms with Gasteiger partial charge in [-0.05, 0) is 48.7 Å². The quantitative estimate of drug-likeness (QED) is 0.585. The lowest BCUT2D eigenvalue weighted by atomic mass is 10.1. The molecule has 1 aromatic heterocycles. The Morgan fingerprint density at radius 3 is 2.48 bits per heavy atom. The van der Waals surface area contributed by atoms with Crippen LogP contribution in [0.3, 0.4) is 0 Å². The molecular weight excluding hydrogens is 388 g/mol. The van der Waals surface area contributed by atoms with E-state index in [0.717, 1.165) is 37.0 Å². The number of anilines is 1. The van der Waals surface area contributed by atoms with Crippen molar-refractivity contribution >= 4 is 11.6 Å². The first kappa shape index (κ1) is 20.5. The van der Waals surface area contributed by atoms with E-state index < -0.39 is 29.3 Å².